The molecule has 1 heterocycles. The van der Waals surface area contributed by atoms with Crippen molar-refractivity contribution in [2.75, 3.05) is 20.6 Å². The third-order valence-corrected chi connectivity index (χ3v) is 8.81. The first-order valence-electron chi connectivity index (χ1n) is 13.1. The number of nitrogens with one attached hydrogen (secondary N) is 1. The van der Waals surface area contributed by atoms with Gasteiger partial charge in [-0.15, -0.1) is 0 Å². The number of hydrogen-bond donors (Lipinski definition) is 3. The molecule has 2 atom stereocenters. The van der Waals surface area contributed by atoms with Crippen LogP contribution in [-0.4, -0.2) is 60.2 Å². The maximum Gasteiger partial charge on any atom is 0.416 e. The maximum atomic E-state index is 13.0. The summed E-state index contributed by atoms with van der Waals surface area (Å²) in [5, 5.41) is 24.2. The second kappa shape index (κ2) is 12.3. The van der Waals surface area contributed by atoms with E-state index in [1.165, 1.54) is 38.4 Å². The van der Waals surface area contributed by atoms with E-state index in [1.807, 2.05) is 25.1 Å². The molecule has 2 unspecified atom stereocenters. The van der Waals surface area contributed by atoms with E-state index in [4.69, 9.17) is 0 Å². The Labute approximate surface area is 242 Å². The van der Waals surface area contributed by atoms with E-state index < -0.39 is 33.8 Å². The highest BCUT2D eigenvalue weighted by Crippen LogP contribution is 2.31. The van der Waals surface area contributed by atoms with E-state index in [0.717, 1.165) is 22.0 Å². The monoisotopic (exact) mass is 603 g/mol. The third kappa shape index (κ3) is 7.01. The average molecular weight is 604 g/mol. The molecule has 12 heteroatoms. The number of nitrogens with zero attached hydrogens (tertiary/aromatic N) is 2. The van der Waals surface area contributed by atoms with Crippen LogP contribution in [0.4, 0.5) is 13.2 Å². The highest BCUT2D eigenvalue weighted by Gasteiger charge is 2.31. The number of aromatic carboxylic acids is 1. The maximum absolute atomic E-state index is 13.0. The second-order valence-corrected chi connectivity index (χ2v) is 12.6. The van der Waals surface area contributed by atoms with Gasteiger partial charge in [-0.25, -0.2) is 17.5 Å². The Bertz CT molecular complexity index is 1700. The van der Waals surface area contributed by atoms with Crippen LogP contribution in [0.5, 0.6) is 0 Å². The van der Waals surface area contributed by atoms with Crippen molar-refractivity contribution in [3.05, 3.63) is 101 Å². The fraction of sp³-hybridized carbons (Fsp3) is 0.300. The molecule has 0 fully saturated rings. The summed E-state index contributed by atoms with van der Waals surface area (Å²) in [5.74, 6) is -1.12. The van der Waals surface area contributed by atoms with Crippen molar-refractivity contribution < 1.29 is 36.6 Å². The highest BCUT2D eigenvalue weighted by molar-refractivity contribution is 7.89. The van der Waals surface area contributed by atoms with Crippen molar-refractivity contribution in [3.63, 3.8) is 0 Å². The fourth-order valence-corrected chi connectivity index (χ4v) is 5.74. The number of fused-ring (bicyclic) bond motifs is 1. The minimum absolute atomic E-state index is 0.0485. The van der Waals surface area contributed by atoms with E-state index in [1.54, 1.807) is 22.8 Å². The summed E-state index contributed by atoms with van der Waals surface area (Å²) in [6, 6.07) is 17.9. The van der Waals surface area contributed by atoms with Crippen molar-refractivity contribution in [1.29, 1.82) is 0 Å². The molecule has 8 nitrogen and oxygen atoms in total. The number of rotatable bonds is 11. The Morgan fingerprint density at radius 3 is 2.38 bits per heavy atom. The van der Waals surface area contributed by atoms with Gasteiger partial charge in [-0.05, 0) is 72.5 Å². The van der Waals surface area contributed by atoms with Crippen LogP contribution in [0.1, 0.15) is 45.8 Å². The Morgan fingerprint density at radius 2 is 1.71 bits per heavy atom. The summed E-state index contributed by atoms with van der Waals surface area (Å²) in [7, 11) is -0.776. The molecule has 0 aliphatic carbocycles. The zero-order valence-electron chi connectivity index (χ0n) is 23.3. The number of hydrogen-bond acceptors (Lipinski definition) is 5. The first-order valence-corrected chi connectivity index (χ1v) is 14.6. The molecule has 3 aromatic carbocycles. The zero-order valence-corrected chi connectivity index (χ0v) is 24.1. The fourth-order valence-electron chi connectivity index (χ4n) is 4.77. The first-order chi connectivity index (χ1) is 19.7. The topological polar surface area (TPSA) is 112 Å². The molecule has 0 aliphatic heterocycles. The predicted octanol–water partition coefficient (Wildman–Crippen LogP) is 4.91. The van der Waals surface area contributed by atoms with E-state index in [0.29, 0.717) is 22.9 Å². The van der Waals surface area contributed by atoms with Gasteiger partial charge in [-0.1, -0.05) is 30.3 Å². The van der Waals surface area contributed by atoms with Crippen LogP contribution < -0.4 is 5.32 Å². The van der Waals surface area contributed by atoms with Crippen molar-refractivity contribution in [2.24, 2.45) is 0 Å². The first kappa shape index (κ1) is 31.2. The summed E-state index contributed by atoms with van der Waals surface area (Å²) < 4.78 is 66.9. The summed E-state index contributed by atoms with van der Waals surface area (Å²) in [6.07, 6.45) is -5.11. The van der Waals surface area contributed by atoms with Gasteiger partial charge < -0.3 is 20.1 Å². The van der Waals surface area contributed by atoms with Crippen LogP contribution >= 0.6 is 0 Å². The Kier molecular flexibility index (Phi) is 9.12. The van der Waals surface area contributed by atoms with Gasteiger partial charge in [0, 0.05) is 44.1 Å². The number of carbonyl (C=O) groups is 1. The second-order valence-electron chi connectivity index (χ2n) is 10.4. The van der Waals surface area contributed by atoms with Gasteiger partial charge in [-0.3, -0.25) is 0 Å². The largest absolute Gasteiger partial charge is 0.477 e. The van der Waals surface area contributed by atoms with Gasteiger partial charge in [0.2, 0.25) is 10.0 Å². The molecule has 3 N–H and O–H groups in total. The average Bonchev–Trinajstić information content (AvgIpc) is 3.29. The smallest absolute Gasteiger partial charge is 0.416 e. The molecule has 224 valence electrons. The molecule has 0 bridgehead atoms. The number of carboxylic acid groups (broad SMARTS) is 1. The molecule has 1 aromatic heterocycles. The molecule has 4 rings (SSSR count). The molecular formula is C30H32F3N3O5S. The van der Waals surface area contributed by atoms with E-state index in [2.05, 4.69) is 5.32 Å². The molecule has 0 radical (unpaired) electrons. The van der Waals surface area contributed by atoms with Crippen LogP contribution in [0.3, 0.4) is 0 Å². The van der Waals surface area contributed by atoms with Crippen LogP contribution in [0.2, 0.25) is 0 Å². The lowest BCUT2D eigenvalue weighted by Crippen LogP contribution is -2.32. The highest BCUT2D eigenvalue weighted by atomic mass is 32.2. The molecular weight excluding hydrogens is 571 g/mol. The lowest BCUT2D eigenvalue weighted by Gasteiger charge is -2.18. The predicted molar refractivity (Wildman–Crippen MR) is 153 cm³/mol. The minimum atomic E-state index is -4.49. The third-order valence-electron chi connectivity index (χ3n) is 7.00. The van der Waals surface area contributed by atoms with Crippen molar-refractivity contribution in [2.45, 2.75) is 43.1 Å². The molecule has 0 amide bonds. The molecule has 0 spiro atoms. The molecule has 0 saturated heterocycles. The van der Waals surface area contributed by atoms with Crippen molar-refractivity contribution in [3.8, 4) is 0 Å². The lowest BCUT2D eigenvalue weighted by molar-refractivity contribution is -0.137. The van der Waals surface area contributed by atoms with Crippen LogP contribution in [0, 0.1) is 0 Å². The summed E-state index contributed by atoms with van der Waals surface area (Å²) in [6.45, 7) is 2.07. The number of halogens is 3. The zero-order chi connectivity index (χ0) is 30.8. The van der Waals surface area contributed by atoms with Crippen LogP contribution in [-0.2, 0) is 29.2 Å². The Hall–Kier alpha value is -3.71. The standard InChI is InChI=1S/C30H32F3N3O5S/c1-19(34-17-28(37)22-7-5-8-24(15-22)30(31,32)33)12-20-10-11-26-23(13-20)16-27(29(38)39)36(26)18-21-6-4-9-25(14-21)42(40,41)35(2)3/h4-11,13-16,19,28,34,37H,12,17-18H2,1-3H3,(H,38,39). The van der Waals surface area contributed by atoms with E-state index in [9.17, 15) is 36.6 Å². The van der Waals surface area contributed by atoms with Gasteiger partial charge in [0.15, 0.2) is 0 Å². The number of aromatic nitrogens is 1. The van der Waals surface area contributed by atoms with Crippen LogP contribution in [0.25, 0.3) is 10.9 Å². The van der Waals surface area contributed by atoms with E-state index >= 15 is 0 Å². The normalized spacial score (nSPS) is 13.9. The lowest BCUT2D eigenvalue weighted by atomic mass is 10.0. The minimum Gasteiger partial charge on any atom is -0.477 e. The number of aliphatic hydroxyl groups excluding tert-OH is 1. The molecule has 4 aromatic rings. The SMILES string of the molecule is CC(Cc1ccc2c(c1)cc(C(=O)O)n2Cc1cccc(S(=O)(=O)N(C)C)c1)NCC(O)c1cccc(C(F)(F)F)c1. The van der Waals surface area contributed by atoms with Gasteiger partial charge >= 0.3 is 12.1 Å². The van der Waals surface area contributed by atoms with Gasteiger partial charge in [0.25, 0.3) is 0 Å². The van der Waals surface area contributed by atoms with Crippen molar-refractivity contribution >= 4 is 26.9 Å². The number of sulfonamides is 1. The summed E-state index contributed by atoms with van der Waals surface area (Å²) >= 11 is 0. The van der Waals surface area contributed by atoms with Crippen LogP contribution in [0.15, 0.2) is 77.7 Å². The number of alkyl halides is 3. The Balaban J connectivity index is 1.49. The quantitative estimate of drug-likeness (QED) is 0.225. The summed E-state index contributed by atoms with van der Waals surface area (Å²) in [4.78, 5) is 12.2. The molecule has 0 aliphatic rings. The molecule has 0 saturated carbocycles. The van der Waals surface area contributed by atoms with Gasteiger partial charge in [0.1, 0.15) is 5.69 Å². The Morgan fingerprint density at radius 1 is 1.00 bits per heavy atom. The number of benzene rings is 3. The van der Waals surface area contributed by atoms with Gasteiger partial charge in [0.05, 0.1) is 16.6 Å². The summed E-state index contributed by atoms with van der Waals surface area (Å²) in [5.41, 5.74) is 1.58. The van der Waals surface area contributed by atoms with Crippen molar-refractivity contribution in [1.82, 2.24) is 14.2 Å². The number of aliphatic hydroxyl groups is 1. The number of carboxylic acids is 1. The van der Waals surface area contributed by atoms with E-state index in [-0.39, 0.29) is 35.3 Å². The molecule has 42 heavy (non-hydrogen) atoms. The van der Waals surface area contributed by atoms with Gasteiger partial charge in [-0.2, -0.15) is 13.2 Å².